The van der Waals surface area contributed by atoms with Crippen LogP contribution in [0.2, 0.25) is 0 Å². The number of carbonyl (C=O) groups is 4. The maximum absolute atomic E-state index is 15.4. The Labute approximate surface area is 250 Å². The monoisotopic (exact) mass is 603 g/mol. The summed E-state index contributed by atoms with van der Waals surface area (Å²) in [4.78, 5) is 60.7. The van der Waals surface area contributed by atoms with Gasteiger partial charge in [-0.15, -0.1) is 0 Å². The molecular formula is C31H39F2N3O7. The Balaban J connectivity index is 2.21. The Kier molecular flexibility index (Phi) is 9.62. The number of hydrogen-bond donors (Lipinski definition) is 0. The highest BCUT2D eigenvalue weighted by molar-refractivity contribution is 6.10. The molecule has 1 heterocycles. The Bertz CT molecular complexity index is 1380. The SMILES string of the molecule is CC(C)(C)OC(=O)c1ccc(-c2nc(C3CCC(=O)C(F)C3)cnc2N(C(=O)OC(C)(C)C)C(=O)OC(C)(C)C)cc1F. The summed E-state index contributed by atoms with van der Waals surface area (Å²) < 4.78 is 45.9. The molecule has 1 aromatic heterocycles. The van der Waals surface area contributed by atoms with E-state index in [-0.39, 0.29) is 41.2 Å². The van der Waals surface area contributed by atoms with Crippen LogP contribution in [0.4, 0.5) is 24.2 Å². The number of amides is 2. The average molecular weight is 604 g/mol. The molecule has 10 nitrogen and oxygen atoms in total. The van der Waals surface area contributed by atoms with Crippen molar-refractivity contribution in [2.75, 3.05) is 4.90 Å². The van der Waals surface area contributed by atoms with E-state index in [2.05, 4.69) is 9.97 Å². The number of anilines is 1. The van der Waals surface area contributed by atoms with Gasteiger partial charge in [-0.05, 0) is 87.3 Å². The number of aromatic nitrogens is 2. The van der Waals surface area contributed by atoms with Gasteiger partial charge in [0.25, 0.3) is 0 Å². The average Bonchev–Trinajstić information content (AvgIpc) is 2.82. The van der Waals surface area contributed by atoms with Gasteiger partial charge >= 0.3 is 18.2 Å². The zero-order valence-corrected chi connectivity index (χ0v) is 26.0. The number of alkyl halides is 1. The number of halogens is 2. The van der Waals surface area contributed by atoms with Crippen LogP contribution in [0.25, 0.3) is 11.3 Å². The first-order chi connectivity index (χ1) is 19.6. The van der Waals surface area contributed by atoms with Gasteiger partial charge < -0.3 is 14.2 Å². The summed E-state index contributed by atoms with van der Waals surface area (Å²) in [5.74, 6) is -3.17. The van der Waals surface area contributed by atoms with Crippen LogP contribution >= 0.6 is 0 Å². The topological polar surface area (TPSA) is 125 Å². The number of esters is 1. The van der Waals surface area contributed by atoms with Crippen LogP contribution < -0.4 is 4.90 Å². The molecule has 2 amide bonds. The van der Waals surface area contributed by atoms with Gasteiger partial charge in [0.15, 0.2) is 17.8 Å². The van der Waals surface area contributed by atoms with Gasteiger partial charge in [-0.3, -0.25) is 4.79 Å². The molecule has 1 aromatic carbocycles. The van der Waals surface area contributed by atoms with Crippen LogP contribution in [-0.2, 0) is 19.0 Å². The van der Waals surface area contributed by atoms with E-state index < -0.39 is 58.6 Å². The zero-order chi connectivity index (χ0) is 32.5. The van der Waals surface area contributed by atoms with Gasteiger partial charge in [0, 0.05) is 17.9 Å². The van der Waals surface area contributed by atoms with Crippen LogP contribution in [0.5, 0.6) is 0 Å². The lowest BCUT2D eigenvalue weighted by Gasteiger charge is -2.29. The molecule has 2 aromatic rings. The maximum Gasteiger partial charge on any atom is 0.425 e. The Morgan fingerprint density at radius 1 is 0.907 bits per heavy atom. The van der Waals surface area contributed by atoms with Crippen LogP contribution in [0.1, 0.15) is 104 Å². The molecule has 234 valence electrons. The van der Waals surface area contributed by atoms with E-state index >= 15 is 4.39 Å². The minimum atomic E-state index is -1.67. The largest absolute Gasteiger partial charge is 0.456 e. The fraction of sp³-hybridized carbons (Fsp3) is 0.548. The van der Waals surface area contributed by atoms with Gasteiger partial charge in [-0.1, -0.05) is 6.07 Å². The van der Waals surface area contributed by atoms with E-state index in [9.17, 15) is 23.6 Å². The normalized spacial score (nSPS) is 17.7. The summed E-state index contributed by atoms with van der Waals surface area (Å²) in [5, 5.41) is 0. The van der Waals surface area contributed by atoms with Crippen molar-refractivity contribution in [3.63, 3.8) is 0 Å². The number of ether oxygens (including phenoxy) is 3. The van der Waals surface area contributed by atoms with E-state index in [1.165, 1.54) is 18.3 Å². The number of hydrogen-bond acceptors (Lipinski definition) is 9. The van der Waals surface area contributed by atoms with Gasteiger partial charge in [0.1, 0.15) is 28.3 Å². The summed E-state index contributed by atoms with van der Waals surface area (Å²) in [6, 6.07) is 3.56. The third-order valence-corrected chi connectivity index (χ3v) is 6.00. The van der Waals surface area contributed by atoms with Crippen molar-refractivity contribution in [1.82, 2.24) is 9.97 Å². The van der Waals surface area contributed by atoms with Gasteiger partial charge in [-0.25, -0.2) is 33.1 Å². The predicted molar refractivity (Wildman–Crippen MR) is 154 cm³/mol. The first-order valence-corrected chi connectivity index (χ1v) is 14.0. The molecule has 1 aliphatic carbocycles. The molecule has 0 N–H and O–H groups in total. The van der Waals surface area contributed by atoms with E-state index in [0.717, 1.165) is 6.07 Å². The second kappa shape index (κ2) is 12.3. The second-order valence-electron chi connectivity index (χ2n) is 13.4. The van der Waals surface area contributed by atoms with Crippen molar-refractivity contribution in [3.05, 3.63) is 41.5 Å². The number of benzene rings is 1. The third-order valence-electron chi connectivity index (χ3n) is 6.00. The van der Waals surface area contributed by atoms with Gasteiger partial charge in [-0.2, -0.15) is 4.90 Å². The van der Waals surface area contributed by atoms with E-state index in [1.807, 2.05) is 0 Å². The summed E-state index contributed by atoms with van der Waals surface area (Å²) in [6.07, 6.45) is -2.45. The van der Waals surface area contributed by atoms with Crippen molar-refractivity contribution in [1.29, 1.82) is 0 Å². The quantitative estimate of drug-likeness (QED) is 0.266. The van der Waals surface area contributed by atoms with Crippen LogP contribution in [0.15, 0.2) is 24.4 Å². The standard InChI is InChI=1S/C31H39F2N3O7/c1-29(2,3)41-26(38)19-12-10-18(15-20(19)32)24-25(34-16-22(35-24)17-11-13-23(37)21(33)14-17)36(27(39)42-30(4,5)6)28(40)43-31(7,8)9/h10,12,15-17,21H,11,13-14H2,1-9H3. The van der Waals surface area contributed by atoms with Crippen molar-refractivity contribution < 1.29 is 42.2 Å². The van der Waals surface area contributed by atoms with Crippen LogP contribution in [-0.4, -0.2) is 56.9 Å². The highest BCUT2D eigenvalue weighted by atomic mass is 19.1. The molecule has 0 radical (unpaired) electrons. The molecule has 12 heteroatoms. The highest BCUT2D eigenvalue weighted by Gasteiger charge is 2.37. The van der Waals surface area contributed by atoms with Crippen LogP contribution in [0, 0.1) is 5.82 Å². The number of nitrogens with zero attached hydrogens (tertiary/aromatic N) is 3. The van der Waals surface area contributed by atoms with E-state index in [4.69, 9.17) is 14.2 Å². The minimum Gasteiger partial charge on any atom is -0.456 e. The first-order valence-electron chi connectivity index (χ1n) is 14.0. The molecule has 0 aliphatic heterocycles. The first kappa shape index (κ1) is 33.5. The van der Waals surface area contributed by atoms with Crippen LogP contribution in [0.3, 0.4) is 0 Å². The predicted octanol–water partition coefficient (Wildman–Crippen LogP) is 7.09. The number of ketones is 1. The molecule has 1 saturated carbocycles. The Morgan fingerprint density at radius 3 is 1.95 bits per heavy atom. The molecule has 0 bridgehead atoms. The van der Waals surface area contributed by atoms with Gasteiger partial charge in [0.05, 0.1) is 17.5 Å². The molecule has 0 saturated heterocycles. The molecular weight excluding hydrogens is 564 g/mol. The van der Waals surface area contributed by atoms with Crippen molar-refractivity contribution >= 4 is 29.8 Å². The Morgan fingerprint density at radius 2 is 1.47 bits per heavy atom. The molecule has 2 unspecified atom stereocenters. The van der Waals surface area contributed by atoms with Gasteiger partial charge in [0.2, 0.25) is 0 Å². The van der Waals surface area contributed by atoms with Crippen molar-refractivity contribution in [3.8, 4) is 11.3 Å². The molecule has 1 aliphatic rings. The summed E-state index contributed by atoms with van der Waals surface area (Å²) >= 11 is 0. The number of Topliss-reactive ketones (excluding diaryl/α,β-unsaturated/α-hetero) is 1. The number of rotatable bonds is 4. The molecule has 0 spiro atoms. The van der Waals surface area contributed by atoms with E-state index in [1.54, 1.807) is 62.3 Å². The summed E-state index contributed by atoms with van der Waals surface area (Å²) in [7, 11) is 0. The molecule has 3 rings (SSSR count). The van der Waals surface area contributed by atoms with Crippen molar-refractivity contribution in [2.24, 2.45) is 0 Å². The fourth-order valence-corrected chi connectivity index (χ4v) is 4.21. The third kappa shape index (κ3) is 9.01. The lowest BCUT2D eigenvalue weighted by molar-refractivity contribution is -0.126. The van der Waals surface area contributed by atoms with Crippen molar-refractivity contribution in [2.45, 2.75) is 110 Å². The number of imide groups is 1. The summed E-state index contributed by atoms with van der Waals surface area (Å²) in [5.41, 5.74) is -3.05. The highest BCUT2D eigenvalue weighted by Crippen LogP contribution is 2.36. The maximum atomic E-state index is 15.4. The molecule has 1 fully saturated rings. The summed E-state index contributed by atoms with van der Waals surface area (Å²) in [6.45, 7) is 14.6. The minimum absolute atomic E-state index is 0.00571. The number of carbonyl (C=O) groups excluding carboxylic acids is 4. The lowest BCUT2D eigenvalue weighted by Crippen LogP contribution is -2.44. The second-order valence-corrected chi connectivity index (χ2v) is 13.4. The van der Waals surface area contributed by atoms with E-state index in [0.29, 0.717) is 11.3 Å². The molecule has 43 heavy (non-hydrogen) atoms. The Hall–Kier alpha value is -3.96. The molecule has 2 atom stereocenters. The smallest absolute Gasteiger partial charge is 0.425 e. The zero-order valence-electron chi connectivity index (χ0n) is 26.0. The fourth-order valence-electron chi connectivity index (χ4n) is 4.21. The lowest BCUT2D eigenvalue weighted by atomic mass is 9.85.